The molecule has 4 rings (SSSR count). The van der Waals surface area contributed by atoms with Crippen molar-refractivity contribution in [1.82, 2.24) is 24.1 Å². The second-order valence-electron chi connectivity index (χ2n) is 6.17. The zero-order valence-electron chi connectivity index (χ0n) is 14.0. The van der Waals surface area contributed by atoms with Crippen LogP contribution in [-0.2, 0) is 0 Å². The Morgan fingerprint density at radius 3 is 2.38 bits per heavy atom. The van der Waals surface area contributed by atoms with Gasteiger partial charge >= 0.3 is 0 Å². The molecule has 3 heterocycles. The fraction of sp³-hybridized carbons (Fsp3) is 0.222. The number of hydrogen-bond acceptors (Lipinski definition) is 4. The second-order valence-corrected chi connectivity index (χ2v) is 6.17. The summed E-state index contributed by atoms with van der Waals surface area (Å²) in [4.78, 5) is 21.8. The van der Waals surface area contributed by atoms with Crippen LogP contribution in [0.5, 0.6) is 0 Å². The highest BCUT2D eigenvalue weighted by Crippen LogP contribution is 2.17. The third-order valence-corrected chi connectivity index (χ3v) is 4.11. The lowest BCUT2D eigenvalue weighted by molar-refractivity contribution is 0.932. The lowest BCUT2D eigenvalue weighted by Crippen LogP contribution is -2.20. The third-order valence-electron chi connectivity index (χ3n) is 4.11. The molecule has 0 aliphatic carbocycles. The summed E-state index contributed by atoms with van der Waals surface area (Å²) in [5.41, 5.74) is 4.38. The van der Waals surface area contributed by atoms with Crippen LogP contribution in [0, 0.1) is 27.7 Å². The number of aromatic nitrogens is 5. The Morgan fingerprint density at radius 2 is 1.67 bits per heavy atom. The van der Waals surface area contributed by atoms with Crippen LogP contribution in [0.1, 0.15) is 22.6 Å². The van der Waals surface area contributed by atoms with Crippen molar-refractivity contribution >= 4 is 16.7 Å². The summed E-state index contributed by atoms with van der Waals surface area (Å²) < 4.78 is 3.29. The van der Waals surface area contributed by atoms with Crippen LogP contribution >= 0.6 is 0 Å². The molecule has 24 heavy (non-hydrogen) atoms. The highest BCUT2D eigenvalue weighted by Gasteiger charge is 2.14. The van der Waals surface area contributed by atoms with Crippen LogP contribution < -0.4 is 5.56 Å². The zero-order chi connectivity index (χ0) is 17.0. The molecule has 3 aromatic heterocycles. The van der Waals surface area contributed by atoms with Crippen molar-refractivity contribution in [2.24, 2.45) is 0 Å². The van der Waals surface area contributed by atoms with Crippen LogP contribution in [0.4, 0.5) is 0 Å². The van der Waals surface area contributed by atoms with Crippen LogP contribution in [-0.4, -0.2) is 24.1 Å². The SMILES string of the molecule is Cc1cc(C)cc(-n2ccc3c(c(C)nc4nc(C)nn43)c2=O)c1. The Morgan fingerprint density at radius 1 is 0.958 bits per heavy atom. The standard InChI is InChI=1S/C18H17N5O/c1-10-7-11(2)9-14(8-10)22-6-5-15-16(17(22)24)12(3)19-18-20-13(4)21-23(15)18/h5-9H,1-4H3. The molecule has 0 amide bonds. The number of pyridine rings is 1. The summed E-state index contributed by atoms with van der Waals surface area (Å²) >= 11 is 0. The van der Waals surface area contributed by atoms with Crippen LogP contribution in [0.15, 0.2) is 35.3 Å². The van der Waals surface area contributed by atoms with Gasteiger partial charge in [0.15, 0.2) is 0 Å². The van der Waals surface area contributed by atoms with E-state index in [4.69, 9.17) is 0 Å². The maximum Gasteiger partial charge on any atom is 0.266 e. The molecule has 0 unspecified atom stereocenters. The summed E-state index contributed by atoms with van der Waals surface area (Å²) in [7, 11) is 0. The summed E-state index contributed by atoms with van der Waals surface area (Å²) in [5.74, 6) is 1.15. The summed E-state index contributed by atoms with van der Waals surface area (Å²) in [5, 5.41) is 4.91. The molecule has 0 aliphatic rings. The predicted molar refractivity (Wildman–Crippen MR) is 92.8 cm³/mol. The number of hydrogen-bond donors (Lipinski definition) is 0. The maximum atomic E-state index is 13.1. The highest BCUT2D eigenvalue weighted by atomic mass is 16.1. The molecule has 4 aromatic rings. The number of aryl methyl sites for hydroxylation is 4. The van der Waals surface area contributed by atoms with E-state index in [0.717, 1.165) is 22.3 Å². The molecule has 0 bridgehead atoms. The normalized spacial score (nSPS) is 11.5. The third kappa shape index (κ3) is 2.11. The van der Waals surface area contributed by atoms with Gasteiger partial charge in [0.25, 0.3) is 11.3 Å². The molecule has 0 saturated carbocycles. The van der Waals surface area contributed by atoms with Gasteiger partial charge in [-0.1, -0.05) is 6.07 Å². The molecular weight excluding hydrogens is 302 g/mol. The average molecular weight is 319 g/mol. The first-order valence-corrected chi connectivity index (χ1v) is 7.78. The van der Waals surface area contributed by atoms with Gasteiger partial charge < -0.3 is 0 Å². The Labute approximate surface area is 138 Å². The van der Waals surface area contributed by atoms with Crippen molar-refractivity contribution in [2.45, 2.75) is 27.7 Å². The summed E-state index contributed by atoms with van der Waals surface area (Å²) in [6, 6.07) is 7.98. The largest absolute Gasteiger partial charge is 0.284 e. The lowest BCUT2D eigenvalue weighted by atomic mass is 10.1. The first-order chi connectivity index (χ1) is 11.4. The fourth-order valence-corrected chi connectivity index (χ4v) is 3.18. The molecular formula is C18H17N5O. The molecule has 1 aromatic carbocycles. The number of benzene rings is 1. The molecule has 120 valence electrons. The Hall–Kier alpha value is -3.02. The Balaban J connectivity index is 2.10. The van der Waals surface area contributed by atoms with Gasteiger partial charge in [0.2, 0.25) is 0 Å². The number of nitrogens with zero attached hydrogens (tertiary/aromatic N) is 5. The molecule has 0 N–H and O–H groups in total. The van der Waals surface area contributed by atoms with Crippen LogP contribution in [0.3, 0.4) is 0 Å². The monoisotopic (exact) mass is 319 g/mol. The molecule has 0 fully saturated rings. The Bertz CT molecular complexity index is 1150. The maximum absolute atomic E-state index is 13.1. The van der Waals surface area contributed by atoms with Crippen molar-refractivity contribution in [3.05, 3.63) is 63.5 Å². The smallest absolute Gasteiger partial charge is 0.266 e. The molecule has 0 atom stereocenters. The Kier molecular flexibility index (Phi) is 3.03. The van der Waals surface area contributed by atoms with Crippen LogP contribution in [0.2, 0.25) is 0 Å². The van der Waals surface area contributed by atoms with Crippen molar-refractivity contribution in [3.63, 3.8) is 0 Å². The van der Waals surface area contributed by atoms with E-state index in [1.54, 1.807) is 15.3 Å². The first-order valence-electron chi connectivity index (χ1n) is 7.78. The predicted octanol–water partition coefficient (Wildman–Crippen LogP) is 2.66. The van der Waals surface area contributed by atoms with Gasteiger partial charge in [-0.05, 0) is 57.0 Å². The molecule has 6 heteroatoms. The number of fused-ring (bicyclic) bond motifs is 3. The van der Waals surface area contributed by atoms with Gasteiger partial charge in [0.05, 0.1) is 16.6 Å². The van der Waals surface area contributed by atoms with Crippen LogP contribution in [0.25, 0.3) is 22.4 Å². The van der Waals surface area contributed by atoms with Crippen molar-refractivity contribution in [3.8, 4) is 5.69 Å². The van der Waals surface area contributed by atoms with E-state index in [2.05, 4.69) is 21.1 Å². The average Bonchev–Trinajstić information content (AvgIpc) is 2.86. The minimum atomic E-state index is -0.0995. The highest BCUT2D eigenvalue weighted by molar-refractivity contribution is 5.82. The lowest BCUT2D eigenvalue weighted by Gasteiger charge is -2.11. The molecule has 0 spiro atoms. The van der Waals surface area contributed by atoms with Gasteiger partial charge in [-0.25, -0.2) is 4.98 Å². The van der Waals surface area contributed by atoms with E-state index < -0.39 is 0 Å². The van der Waals surface area contributed by atoms with Gasteiger partial charge in [0.1, 0.15) is 5.82 Å². The van der Waals surface area contributed by atoms with Gasteiger partial charge in [-0.3, -0.25) is 9.36 Å². The van der Waals surface area contributed by atoms with E-state index in [1.807, 2.05) is 45.9 Å². The minimum Gasteiger partial charge on any atom is -0.284 e. The van der Waals surface area contributed by atoms with E-state index in [-0.39, 0.29) is 5.56 Å². The minimum absolute atomic E-state index is 0.0995. The van der Waals surface area contributed by atoms with Crippen molar-refractivity contribution in [2.75, 3.05) is 0 Å². The van der Waals surface area contributed by atoms with Crippen molar-refractivity contribution in [1.29, 1.82) is 0 Å². The fourth-order valence-electron chi connectivity index (χ4n) is 3.18. The van der Waals surface area contributed by atoms with E-state index >= 15 is 0 Å². The van der Waals surface area contributed by atoms with E-state index in [1.165, 1.54) is 0 Å². The molecule has 0 aliphatic heterocycles. The number of rotatable bonds is 1. The zero-order valence-corrected chi connectivity index (χ0v) is 14.0. The quantitative estimate of drug-likeness (QED) is 0.541. The first kappa shape index (κ1) is 14.6. The topological polar surface area (TPSA) is 65.1 Å². The van der Waals surface area contributed by atoms with E-state index in [9.17, 15) is 4.79 Å². The summed E-state index contributed by atoms with van der Waals surface area (Å²) in [6.45, 7) is 7.69. The summed E-state index contributed by atoms with van der Waals surface area (Å²) in [6.07, 6.45) is 1.79. The molecule has 0 radical (unpaired) electrons. The van der Waals surface area contributed by atoms with Gasteiger partial charge in [-0.2, -0.15) is 9.50 Å². The molecule has 0 saturated heterocycles. The van der Waals surface area contributed by atoms with Crippen molar-refractivity contribution < 1.29 is 0 Å². The van der Waals surface area contributed by atoms with E-state index in [0.29, 0.717) is 22.7 Å². The molecule has 6 nitrogen and oxygen atoms in total. The van der Waals surface area contributed by atoms with Gasteiger partial charge in [-0.15, -0.1) is 5.10 Å². The van der Waals surface area contributed by atoms with Gasteiger partial charge in [0, 0.05) is 11.9 Å². The second kappa shape index (κ2) is 4.99.